The second-order valence-electron chi connectivity index (χ2n) is 8.06. The van der Waals surface area contributed by atoms with Gasteiger partial charge in [0, 0.05) is 12.5 Å². The standard InChI is InChI=1S/C27H29NO5/c1-30-23-9-3-19(4-10-23)8-14-27(29)28-22(15-20-5-11-24(31-2)12-6-20)16-21-7-13-25-26(17-21)33-18-32-25/h3-7,9-13,17,22H,8,14-16,18H2,1-2H3,(H,28,29). The molecule has 6 nitrogen and oxygen atoms in total. The SMILES string of the molecule is COc1ccc(CCC(=O)NC(Cc2ccc(OC)cc2)Cc2ccc3c(c2)OCO3)cc1. The van der Waals surface area contributed by atoms with E-state index in [-0.39, 0.29) is 18.7 Å². The number of ether oxygens (including phenoxy) is 4. The highest BCUT2D eigenvalue weighted by atomic mass is 16.7. The number of hydrogen-bond acceptors (Lipinski definition) is 5. The molecule has 1 atom stereocenters. The van der Waals surface area contributed by atoms with Crippen LogP contribution in [-0.2, 0) is 24.1 Å². The van der Waals surface area contributed by atoms with Crippen LogP contribution in [0.15, 0.2) is 66.7 Å². The largest absolute Gasteiger partial charge is 0.497 e. The monoisotopic (exact) mass is 447 g/mol. The van der Waals surface area contributed by atoms with Crippen molar-refractivity contribution < 1.29 is 23.7 Å². The number of carbonyl (C=O) groups is 1. The normalized spacial score (nSPS) is 12.8. The fourth-order valence-electron chi connectivity index (χ4n) is 3.92. The van der Waals surface area contributed by atoms with Crippen LogP contribution in [0.4, 0.5) is 0 Å². The summed E-state index contributed by atoms with van der Waals surface area (Å²) < 4.78 is 21.4. The van der Waals surface area contributed by atoms with Crippen molar-refractivity contribution in [2.45, 2.75) is 31.7 Å². The summed E-state index contributed by atoms with van der Waals surface area (Å²) in [7, 11) is 3.30. The van der Waals surface area contributed by atoms with Gasteiger partial charge in [-0.05, 0) is 72.4 Å². The highest BCUT2D eigenvalue weighted by molar-refractivity contribution is 5.76. The van der Waals surface area contributed by atoms with Gasteiger partial charge in [0.25, 0.3) is 0 Å². The lowest BCUT2D eigenvalue weighted by Crippen LogP contribution is -2.38. The van der Waals surface area contributed by atoms with Crippen LogP contribution in [0.1, 0.15) is 23.1 Å². The van der Waals surface area contributed by atoms with Crippen molar-refractivity contribution in [2.24, 2.45) is 0 Å². The first kappa shape index (κ1) is 22.5. The van der Waals surface area contributed by atoms with Gasteiger partial charge in [-0.1, -0.05) is 30.3 Å². The molecular weight excluding hydrogens is 418 g/mol. The van der Waals surface area contributed by atoms with Crippen LogP contribution in [0.5, 0.6) is 23.0 Å². The van der Waals surface area contributed by atoms with Crippen LogP contribution >= 0.6 is 0 Å². The van der Waals surface area contributed by atoms with Gasteiger partial charge in [-0.25, -0.2) is 0 Å². The summed E-state index contributed by atoms with van der Waals surface area (Å²) in [6.07, 6.45) is 2.51. The van der Waals surface area contributed by atoms with Gasteiger partial charge >= 0.3 is 0 Å². The van der Waals surface area contributed by atoms with E-state index in [1.54, 1.807) is 14.2 Å². The van der Waals surface area contributed by atoms with Crippen molar-refractivity contribution in [3.05, 3.63) is 83.4 Å². The predicted molar refractivity (Wildman–Crippen MR) is 126 cm³/mol. The van der Waals surface area contributed by atoms with E-state index in [0.717, 1.165) is 39.7 Å². The molecule has 0 bridgehead atoms. The van der Waals surface area contributed by atoms with E-state index < -0.39 is 0 Å². The van der Waals surface area contributed by atoms with E-state index in [2.05, 4.69) is 5.32 Å². The Morgan fingerprint density at radius 2 is 1.39 bits per heavy atom. The molecule has 0 saturated carbocycles. The molecule has 0 saturated heterocycles. The summed E-state index contributed by atoms with van der Waals surface area (Å²) in [5.41, 5.74) is 3.33. The third-order valence-electron chi connectivity index (χ3n) is 5.73. The Morgan fingerprint density at radius 3 is 2.06 bits per heavy atom. The van der Waals surface area contributed by atoms with Gasteiger partial charge in [0.15, 0.2) is 11.5 Å². The summed E-state index contributed by atoms with van der Waals surface area (Å²) in [4.78, 5) is 12.8. The highest BCUT2D eigenvalue weighted by Crippen LogP contribution is 2.33. The average molecular weight is 448 g/mol. The summed E-state index contributed by atoms with van der Waals surface area (Å²) >= 11 is 0. The first-order chi connectivity index (χ1) is 16.1. The van der Waals surface area contributed by atoms with Crippen LogP contribution in [-0.4, -0.2) is 33.0 Å². The number of benzene rings is 3. The maximum Gasteiger partial charge on any atom is 0.231 e. The maximum atomic E-state index is 12.8. The molecule has 33 heavy (non-hydrogen) atoms. The number of carbonyl (C=O) groups excluding carboxylic acids is 1. The van der Waals surface area contributed by atoms with Crippen LogP contribution in [0.3, 0.4) is 0 Å². The minimum atomic E-state index is -0.0536. The molecule has 1 heterocycles. The second-order valence-corrected chi connectivity index (χ2v) is 8.06. The van der Waals surface area contributed by atoms with E-state index in [1.165, 1.54) is 0 Å². The minimum absolute atomic E-state index is 0.0325. The van der Waals surface area contributed by atoms with Crippen LogP contribution in [0.2, 0.25) is 0 Å². The Kier molecular flexibility index (Phi) is 7.35. The summed E-state index contributed by atoms with van der Waals surface area (Å²) in [5.74, 6) is 3.17. The smallest absolute Gasteiger partial charge is 0.231 e. The van der Waals surface area contributed by atoms with Gasteiger partial charge in [0.2, 0.25) is 12.7 Å². The second kappa shape index (κ2) is 10.8. The molecule has 1 aliphatic rings. The lowest BCUT2D eigenvalue weighted by molar-refractivity contribution is -0.121. The first-order valence-corrected chi connectivity index (χ1v) is 11.1. The zero-order valence-corrected chi connectivity index (χ0v) is 19.0. The Labute approximate surface area is 194 Å². The zero-order chi connectivity index (χ0) is 23.0. The predicted octanol–water partition coefficient (Wildman–Crippen LogP) is 4.34. The number of rotatable bonds is 10. The maximum absolute atomic E-state index is 12.8. The Bertz CT molecular complexity index is 1060. The topological polar surface area (TPSA) is 66.0 Å². The Morgan fingerprint density at radius 1 is 0.818 bits per heavy atom. The van der Waals surface area contributed by atoms with Gasteiger partial charge in [-0.2, -0.15) is 0 Å². The highest BCUT2D eigenvalue weighted by Gasteiger charge is 2.18. The summed E-state index contributed by atoms with van der Waals surface area (Å²) in [6, 6.07) is 21.7. The van der Waals surface area contributed by atoms with Crippen LogP contribution < -0.4 is 24.3 Å². The van der Waals surface area contributed by atoms with Crippen LogP contribution in [0.25, 0.3) is 0 Å². The molecule has 172 valence electrons. The number of aryl methyl sites for hydroxylation is 1. The van der Waals surface area contributed by atoms with Gasteiger partial charge in [-0.15, -0.1) is 0 Å². The molecule has 1 N–H and O–H groups in total. The average Bonchev–Trinajstić information content (AvgIpc) is 3.31. The van der Waals surface area contributed by atoms with E-state index >= 15 is 0 Å². The van der Waals surface area contributed by atoms with Crippen molar-refractivity contribution in [1.29, 1.82) is 0 Å². The van der Waals surface area contributed by atoms with E-state index in [1.807, 2.05) is 66.7 Å². The number of hydrogen-bond donors (Lipinski definition) is 1. The number of methoxy groups -OCH3 is 2. The molecule has 0 radical (unpaired) electrons. The molecule has 1 aliphatic heterocycles. The quantitative estimate of drug-likeness (QED) is 0.501. The number of amides is 1. The third-order valence-corrected chi connectivity index (χ3v) is 5.73. The van der Waals surface area contributed by atoms with Crippen LogP contribution in [0, 0.1) is 0 Å². The molecule has 1 unspecified atom stereocenters. The molecule has 0 aliphatic carbocycles. The fourth-order valence-corrected chi connectivity index (χ4v) is 3.92. The molecule has 3 aromatic rings. The van der Waals surface area contributed by atoms with Crippen molar-refractivity contribution in [1.82, 2.24) is 5.32 Å². The van der Waals surface area contributed by atoms with Crippen molar-refractivity contribution in [3.63, 3.8) is 0 Å². The summed E-state index contributed by atoms with van der Waals surface area (Å²) in [5, 5.41) is 3.24. The van der Waals surface area contributed by atoms with Gasteiger partial charge < -0.3 is 24.3 Å². The van der Waals surface area contributed by atoms with Crippen molar-refractivity contribution in [2.75, 3.05) is 21.0 Å². The molecular formula is C27H29NO5. The van der Waals surface area contributed by atoms with Crippen molar-refractivity contribution in [3.8, 4) is 23.0 Å². The molecule has 0 aromatic heterocycles. The van der Waals surface area contributed by atoms with E-state index in [9.17, 15) is 4.79 Å². The summed E-state index contributed by atoms with van der Waals surface area (Å²) in [6.45, 7) is 0.246. The molecule has 1 amide bonds. The van der Waals surface area contributed by atoms with E-state index in [0.29, 0.717) is 25.7 Å². The molecule has 0 spiro atoms. The van der Waals surface area contributed by atoms with Crippen molar-refractivity contribution >= 4 is 5.91 Å². The molecule has 4 rings (SSSR count). The van der Waals surface area contributed by atoms with Gasteiger partial charge in [0.1, 0.15) is 11.5 Å². The lowest BCUT2D eigenvalue weighted by atomic mass is 9.98. The Hall–Kier alpha value is -3.67. The van der Waals surface area contributed by atoms with E-state index in [4.69, 9.17) is 18.9 Å². The third kappa shape index (κ3) is 6.19. The lowest BCUT2D eigenvalue weighted by Gasteiger charge is -2.20. The zero-order valence-electron chi connectivity index (χ0n) is 19.0. The molecule has 3 aromatic carbocycles. The fraction of sp³-hybridized carbons (Fsp3) is 0.296. The minimum Gasteiger partial charge on any atom is -0.497 e. The Balaban J connectivity index is 1.41. The molecule has 0 fully saturated rings. The number of nitrogens with one attached hydrogen (secondary N) is 1. The van der Waals surface area contributed by atoms with Gasteiger partial charge in [0.05, 0.1) is 14.2 Å². The number of fused-ring (bicyclic) bond motifs is 1. The molecule has 6 heteroatoms. The first-order valence-electron chi connectivity index (χ1n) is 11.1. The van der Waals surface area contributed by atoms with Gasteiger partial charge in [-0.3, -0.25) is 4.79 Å².